The summed E-state index contributed by atoms with van der Waals surface area (Å²) in [5, 5.41) is 0. The van der Waals surface area contributed by atoms with Gasteiger partial charge in [-0.25, -0.2) is 0 Å². The van der Waals surface area contributed by atoms with E-state index in [1.807, 2.05) is 0 Å². The maximum Gasteiger partial charge on any atom is 0.0236 e. The van der Waals surface area contributed by atoms with E-state index in [-0.39, 0.29) is 0 Å². The zero-order valence-electron chi connectivity index (χ0n) is 15.9. The number of rotatable bonds is 14. The van der Waals surface area contributed by atoms with Gasteiger partial charge in [-0.15, -0.1) is 0 Å². The Labute approximate surface area is 145 Å². The van der Waals surface area contributed by atoms with Crippen LogP contribution >= 0.6 is 0 Å². The van der Waals surface area contributed by atoms with Crippen LogP contribution in [-0.2, 0) is 6.54 Å². The first kappa shape index (κ1) is 20.2. The third-order valence-electron chi connectivity index (χ3n) is 4.81. The molecule has 0 aliphatic carbocycles. The van der Waals surface area contributed by atoms with E-state index < -0.39 is 0 Å². The van der Waals surface area contributed by atoms with Crippen molar-refractivity contribution < 1.29 is 0 Å². The lowest BCUT2D eigenvalue weighted by atomic mass is 10.1. The zero-order chi connectivity index (χ0) is 16.8. The lowest BCUT2D eigenvalue weighted by molar-refractivity contribution is 0.252. The Hall–Kier alpha value is -0.820. The molecule has 132 valence electrons. The molecule has 0 aliphatic heterocycles. The van der Waals surface area contributed by atoms with Crippen molar-refractivity contribution in [2.24, 2.45) is 0 Å². The highest BCUT2D eigenvalue weighted by atomic mass is 15.1. The van der Waals surface area contributed by atoms with Gasteiger partial charge in [-0.2, -0.15) is 0 Å². The van der Waals surface area contributed by atoms with Crippen molar-refractivity contribution in [2.45, 2.75) is 91.5 Å². The summed E-state index contributed by atoms with van der Waals surface area (Å²) in [4.78, 5) is 2.69. The molecule has 1 aromatic carbocycles. The smallest absolute Gasteiger partial charge is 0.0236 e. The molecule has 0 aliphatic rings. The largest absolute Gasteiger partial charge is 0.299 e. The molecule has 0 radical (unpaired) electrons. The fourth-order valence-corrected chi connectivity index (χ4v) is 3.18. The molecule has 0 unspecified atom stereocenters. The lowest BCUT2D eigenvalue weighted by Gasteiger charge is -2.23. The predicted octanol–water partition coefficient (Wildman–Crippen LogP) is 6.74. The molecule has 0 amide bonds. The number of nitrogens with zero attached hydrogens (tertiary/aromatic N) is 1. The summed E-state index contributed by atoms with van der Waals surface area (Å²) in [6.45, 7) is 10.5. The average Bonchev–Trinajstić information content (AvgIpc) is 2.56. The lowest BCUT2D eigenvalue weighted by Crippen LogP contribution is -2.26. The maximum atomic E-state index is 2.69. The van der Waals surface area contributed by atoms with Gasteiger partial charge in [-0.3, -0.25) is 4.90 Å². The van der Waals surface area contributed by atoms with E-state index in [0.29, 0.717) is 0 Å². The van der Waals surface area contributed by atoms with Crippen LogP contribution in [0.2, 0.25) is 0 Å². The van der Waals surface area contributed by atoms with Gasteiger partial charge in [0.25, 0.3) is 0 Å². The van der Waals surface area contributed by atoms with E-state index in [2.05, 4.69) is 49.9 Å². The molecule has 0 aromatic heterocycles. The maximum absolute atomic E-state index is 2.69. The topological polar surface area (TPSA) is 3.24 Å². The highest BCUT2D eigenvalue weighted by molar-refractivity contribution is 5.25. The van der Waals surface area contributed by atoms with Gasteiger partial charge in [0, 0.05) is 6.54 Å². The van der Waals surface area contributed by atoms with Crippen LogP contribution in [-0.4, -0.2) is 18.0 Å². The van der Waals surface area contributed by atoms with E-state index >= 15 is 0 Å². The Kier molecular flexibility index (Phi) is 12.0. The molecule has 0 saturated carbocycles. The van der Waals surface area contributed by atoms with Crippen molar-refractivity contribution in [1.82, 2.24) is 4.90 Å². The first-order valence-electron chi connectivity index (χ1n) is 10.0. The average molecular weight is 318 g/mol. The minimum atomic E-state index is 1.13. The Balaban J connectivity index is 2.39. The SMILES string of the molecule is CCCCCCCN(CCCCCCC)Cc1ccccc1C. The van der Waals surface area contributed by atoms with Crippen LogP contribution in [0.5, 0.6) is 0 Å². The fourth-order valence-electron chi connectivity index (χ4n) is 3.18. The minimum absolute atomic E-state index is 1.13. The second kappa shape index (κ2) is 13.6. The molecule has 1 aromatic rings. The summed E-state index contributed by atoms with van der Waals surface area (Å²) in [5.74, 6) is 0. The van der Waals surface area contributed by atoms with Crippen LogP contribution in [0, 0.1) is 6.92 Å². The molecule has 0 atom stereocenters. The summed E-state index contributed by atoms with van der Waals surface area (Å²) in [7, 11) is 0. The third-order valence-corrected chi connectivity index (χ3v) is 4.81. The molecular formula is C22H39N. The quantitative estimate of drug-likeness (QED) is 0.343. The van der Waals surface area contributed by atoms with E-state index in [0.717, 1.165) is 6.54 Å². The van der Waals surface area contributed by atoms with Gasteiger partial charge in [-0.05, 0) is 44.0 Å². The van der Waals surface area contributed by atoms with Crippen molar-refractivity contribution in [3.05, 3.63) is 35.4 Å². The standard InChI is InChI=1S/C22H39N/c1-4-6-8-10-14-18-23(19-15-11-9-7-5-2)20-22-17-13-12-16-21(22)3/h12-13,16-17H,4-11,14-15,18-20H2,1-3H3. The molecule has 0 bridgehead atoms. The van der Waals surface area contributed by atoms with Gasteiger partial charge in [0.05, 0.1) is 0 Å². The van der Waals surface area contributed by atoms with Gasteiger partial charge >= 0.3 is 0 Å². The van der Waals surface area contributed by atoms with Crippen LogP contribution in [0.3, 0.4) is 0 Å². The number of hydrogen-bond donors (Lipinski definition) is 0. The van der Waals surface area contributed by atoms with Crippen molar-refractivity contribution in [1.29, 1.82) is 0 Å². The molecule has 0 spiro atoms. The van der Waals surface area contributed by atoms with E-state index in [1.165, 1.54) is 88.4 Å². The van der Waals surface area contributed by atoms with Gasteiger partial charge in [0.1, 0.15) is 0 Å². The third kappa shape index (κ3) is 9.81. The van der Waals surface area contributed by atoms with E-state index in [1.54, 1.807) is 0 Å². The van der Waals surface area contributed by atoms with Gasteiger partial charge in [0.15, 0.2) is 0 Å². The van der Waals surface area contributed by atoms with Gasteiger partial charge in [-0.1, -0.05) is 89.5 Å². The Bertz CT molecular complexity index is 371. The molecule has 0 saturated heterocycles. The highest BCUT2D eigenvalue weighted by Gasteiger charge is 2.07. The number of aryl methyl sites for hydroxylation is 1. The summed E-state index contributed by atoms with van der Waals surface area (Å²) in [5.41, 5.74) is 2.95. The van der Waals surface area contributed by atoms with Crippen LogP contribution in [0.15, 0.2) is 24.3 Å². The van der Waals surface area contributed by atoms with Crippen LogP contribution in [0.1, 0.15) is 89.2 Å². The molecular weight excluding hydrogens is 278 g/mol. The number of unbranched alkanes of at least 4 members (excludes halogenated alkanes) is 8. The number of benzene rings is 1. The second-order valence-electron chi connectivity index (χ2n) is 7.03. The first-order valence-corrected chi connectivity index (χ1v) is 10.0. The Morgan fingerprint density at radius 2 is 1.22 bits per heavy atom. The van der Waals surface area contributed by atoms with Gasteiger partial charge < -0.3 is 0 Å². The summed E-state index contributed by atoms with van der Waals surface area (Å²) < 4.78 is 0. The molecule has 1 heteroatoms. The van der Waals surface area contributed by atoms with Crippen molar-refractivity contribution in [2.75, 3.05) is 13.1 Å². The van der Waals surface area contributed by atoms with Crippen molar-refractivity contribution in [3.8, 4) is 0 Å². The molecule has 0 fully saturated rings. The first-order chi connectivity index (χ1) is 11.3. The molecule has 1 nitrogen and oxygen atoms in total. The van der Waals surface area contributed by atoms with Crippen molar-refractivity contribution >= 4 is 0 Å². The minimum Gasteiger partial charge on any atom is -0.299 e. The van der Waals surface area contributed by atoms with E-state index in [9.17, 15) is 0 Å². The normalized spacial score (nSPS) is 11.3. The predicted molar refractivity (Wildman–Crippen MR) is 104 cm³/mol. The summed E-state index contributed by atoms with van der Waals surface area (Å²) in [6, 6.07) is 8.88. The van der Waals surface area contributed by atoms with Crippen LogP contribution in [0.4, 0.5) is 0 Å². The second-order valence-corrected chi connectivity index (χ2v) is 7.03. The fraction of sp³-hybridized carbons (Fsp3) is 0.727. The molecule has 0 heterocycles. The number of hydrogen-bond acceptors (Lipinski definition) is 1. The van der Waals surface area contributed by atoms with Crippen LogP contribution in [0.25, 0.3) is 0 Å². The molecule has 1 rings (SSSR count). The van der Waals surface area contributed by atoms with Crippen LogP contribution < -0.4 is 0 Å². The Morgan fingerprint density at radius 3 is 1.74 bits per heavy atom. The summed E-state index contributed by atoms with van der Waals surface area (Å²) >= 11 is 0. The van der Waals surface area contributed by atoms with Crippen molar-refractivity contribution in [3.63, 3.8) is 0 Å². The highest BCUT2D eigenvalue weighted by Crippen LogP contribution is 2.13. The van der Waals surface area contributed by atoms with Gasteiger partial charge in [0.2, 0.25) is 0 Å². The molecule has 23 heavy (non-hydrogen) atoms. The van der Waals surface area contributed by atoms with E-state index in [4.69, 9.17) is 0 Å². The monoisotopic (exact) mass is 317 g/mol. The Morgan fingerprint density at radius 1 is 0.696 bits per heavy atom. The zero-order valence-corrected chi connectivity index (χ0v) is 15.9. The summed E-state index contributed by atoms with van der Waals surface area (Å²) in [6.07, 6.45) is 13.8. The molecule has 0 N–H and O–H groups in total.